The summed E-state index contributed by atoms with van der Waals surface area (Å²) in [5.41, 5.74) is 4.95. The van der Waals surface area contributed by atoms with Crippen LogP contribution in [0.3, 0.4) is 0 Å². The van der Waals surface area contributed by atoms with Gasteiger partial charge < -0.3 is 10.3 Å². The number of hydrogen-bond donors (Lipinski definition) is 2. The molecule has 4 heterocycles. The average molecular weight is 263 g/mol. The Morgan fingerprint density at radius 2 is 2.10 bits per heavy atom. The molecule has 0 bridgehead atoms. The van der Waals surface area contributed by atoms with Crippen LogP contribution in [0, 0.1) is 0 Å². The van der Waals surface area contributed by atoms with E-state index in [1.807, 2.05) is 56.1 Å². The van der Waals surface area contributed by atoms with E-state index in [9.17, 15) is 0 Å². The third-order valence-corrected chi connectivity index (χ3v) is 3.52. The van der Waals surface area contributed by atoms with Crippen molar-refractivity contribution in [2.45, 2.75) is 0 Å². The average Bonchev–Trinajstić information content (AvgIpc) is 3.12. The summed E-state index contributed by atoms with van der Waals surface area (Å²) in [6.07, 6.45) is 7.64. The monoisotopic (exact) mass is 263 g/mol. The van der Waals surface area contributed by atoms with Gasteiger partial charge in [0.1, 0.15) is 5.65 Å². The van der Waals surface area contributed by atoms with Gasteiger partial charge >= 0.3 is 0 Å². The van der Waals surface area contributed by atoms with Crippen LogP contribution in [0.5, 0.6) is 0 Å². The summed E-state index contributed by atoms with van der Waals surface area (Å²) in [4.78, 5) is 12.2. The molecule has 0 saturated heterocycles. The highest BCUT2D eigenvalue weighted by molar-refractivity contribution is 5.92. The third kappa shape index (κ3) is 1.50. The second-order valence-corrected chi connectivity index (χ2v) is 4.64. The van der Waals surface area contributed by atoms with Crippen molar-refractivity contribution in [1.29, 1.82) is 0 Å². The molecule has 5 heteroatoms. The summed E-state index contributed by atoms with van der Waals surface area (Å²) >= 11 is 0. The molecular weight excluding hydrogens is 250 g/mol. The molecule has 5 nitrogen and oxygen atoms in total. The zero-order chi connectivity index (χ0) is 13.5. The largest absolute Gasteiger partial charge is 0.387 e. The number of rotatable bonds is 2. The fraction of sp³-hybridized carbons (Fsp3) is 0.0667. The molecule has 0 radical (unpaired) electrons. The maximum atomic E-state index is 4.53. The van der Waals surface area contributed by atoms with Crippen LogP contribution in [0.15, 0.2) is 49.1 Å². The molecule has 0 aliphatic carbocycles. The third-order valence-electron chi connectivity index (χ3n) is 3.52. The van der Waals surface area contributed by atoms with Crippen LogP contribution in [0.4, 0.5) is 5.69 Å². The molecule has 20 heavy (non-hydrogen) atoms. The molecule has 4 aromatic heterocycles. The number of hydrogen-bond acceptors (Lipinski definition) is 3. The first-order valence-corrected chi connectivity index (χ1v) is 6.44. The summed E-state index contributed by atoms with van der Waals surface area (Å²) in [6, 6.07) is 8.02. The normalized spacial score (nSPS) is 11.2. The summed E-state index contributed by atoms with van der Waals surface area (Å²) in [7, 11) is 1.91. The fourth-order valence-electron chi connectivity index (χ4n) is 2.49. The van der Waals surface area contributed by atoms with E-state index in [1.165, 1.54) is 0 Å². The number of pyridine rings is 2. The topological polar surface area (TPSA) is 58.0 Å². The van der Waals surface area contributed by atoms with Gasteiger partial charge in [-0.25, -0.2) is 4.98 Å². The number of nitrogens with zero attached hydrogens (tertiary/aromatic N) is 3. The van der Waals surface area contributed by atoms with Gasteiger partial charge in [0, 0.05) is 36.5 Å². The van der Waals surface area contributed by atoms with Crippen LogP contribution in [0.25, 0.3) is 27.9 Å². The highest BCUT2D eigenvalue weighted by Gasteiger charge is 2.11. The minimum absolute atomic E-state index is 0.910. The standard InChI is InChI=1S/C15H13N5/c1-16-10-2-3-14-19-8-13(20(14)9-10)15-11-4-6-17-12(11)5-7-18-15/h2-9,16-17H,1H3. The van der Waals surface area contributed by atoms with Crippen molar-refractivity contribution < 1.29 is 0 Å². The lowest BCUT2D eigenvalue weighted by molar-refractivity contribution is 1.17. The van der Waals surface area contributed by atoms with E-state index in [0.29, 0.717) is 0 Å². The van der Waals surface area contributed by atoms with Crippen molar-refractivity contribution in [3.63, 3.8) is 0 Å². The van der Waals surface area contributed by atoms with Crippen LogP contribution >= 0.6 is 0 Å². The lowest BCUT2D eigenvalue weighted by atomic mass is 10.2. The molecule has 0 aliphatic heterocycles. The van der Waals surface area contributed by atoms with Crippen molar-refractivity contribution in [2.24, 2.45) is 0 Å². The summed E-state index contributed by atoms with van der Waals surface area (Å²) in [6.45, 7) is 0. The number of imidazole rings is 1. The second-order valence-electron chi connectivity index (χ2n) is 4.64. The molecule has 4 aromatic rings. The predicted molar refractivity (Wildman–Crippen MR) is 79.8 cm³/mol. The van der Waals surface area contributed by atoms with Gasteiger partial charge in [-0.2, -0.15) is 0 Å². The number of fused-ring (bicyclic) bond motifs is 2. The zero-order valence-electron chi connectivity index (χ0n) is 11.0. The number of nitrogens with one attached hydrogen (secondary N) is 2. The van der Waals surface area contributed by atoms with Gasteiger partial charge in [-0.3, -0.25) is 9.38 Å². The van der Waals surface area contributed by atoms with Gasteiger partial charge in [0.05, 0.1) is 23.3 Å². The van der Waals surface area contributed by atoms with E-state index in [-0.39, 0.29) is 0 Å². The lowest BCUT2D eigenvalue weighted by Crippen LogP contribution is -1.94. The van der Waals surface area contributed by atoms with E-state index >= 15 is 0 Å². The molecule has 0 fully saturated rings. The Hall–Kier alpha value is -2.82. The molecule has 4 rings (SSSR count). The number of aromatic amines is 1. The van der Waals surface area contributed by atoms with Gasteiger partial charge in [-0.1, -0.05) is 0 Å². The first-order chi connectivity index (χ1) is 9.86. The smallest absolute Gasteiger partial charge is 0.137 e. The van der Waals surface area contributed by atoms with Crippen LogP contribution < -0.4 is 5.32 Å². The van der Waals surface area contributed by atoms with E-state index in [4.69, 9.17) is 0 Å². The highest BCUT2D eigenvalue weighted by Crippen LogP contribution is 2.27. The quantitative estimate of drug-likeness (QED) is 0.584. The van der Waals surface area contributed by atoms with Crippen LogP contribution in [-0.4, -0.2) is 26.4 Å². The summed E-state index contributed by atoms with van der Waals surface area (Å²) in [5.74, 6) is 0. The highest BCUT2D eigenvalue weighted by atomic mass is 15.0. The van der Waals surface area contributed by atoms with Crippen LogP contribution in [0.2, 0.25) is 0 Å². The van der Waals surface area contributed by atoms with E-state index in [1.54, 1.807) is 0 Å². The van der Waals surface area contributed by atoms with E-state index < -0.39 is 0 Å². The van der Waals surface area contributed by atoms with E-state index in [0.717, 1.165) is 33.6 Å². The summed E-state index contributed by atoms with van der Waals surface area (Å²) in [5, 5.41) is 4.25. The van der Waals surface area contributed by atoms with Crippen molar-refractivity contribution in [2.75, 3.05) is 12.4 Å². The molecule has 98 valence electrons. The Bertz CT molecular complexity index is 903. The van der Waals surface area contributed by atoms with Gasteiger partial charge in [0.25, 0.3) is 0 Å². The Kier molecular flexibility index (Phi) is 2.26. The van der Waals surface area contributed by atoms with Crippen LogP contribution in [-0.2, 0) is 0 Å². The molecule has 0 spiro atoms. The van der Waals surface area contributed by atoms with Crippen LogP contribution in [0.1, 0.15) is 0 Å². The molecule has 0 saturated carbocycles. The van der Waals surface area contributed by atoms with Gasteiger partial charge in [0.15, 0.2) is 0 Å². The fourth-order valence-corrected chi connectivity index (χ4v) is 2.49. The van der Waals surface area contributed by atoms with Gasteiger partial charge in [-0.05, 0) is 24.3 Å². The molecule has 0 aromatic carbocycles. The first kappa shape index (κ1) is 11.0. The zero-order valence-corrected chi connectivity index (χ0v) is 11.0. The molecule has 0 aliphatic rings. The molecule has 0 unspecified atom stereocenters. The molecule has 0 atom stereocenters. The van der Waals surface area contributed by atoms with Crippen molar-refractivity contribution in [3.8, 4) is 11.4 Å². The SMILES string of the molecule is CNc1ccc2ncc(-c3nccc4[nH]ccc34)n2c1. The Labute approximate surface area is 115 Å². The minimum Gasteiger partial charge on any atom is -0.387 e. The Morgan fingerprint density at radius 1 is 1.15 bits per heavy atom. The maximum Gasteiger partial charge on any atom is 0.137 e. The molecule has 2 N–H and O–H groups in total. The van der Waals surface area contributed by atoms with Crippen molar-refractivity contribution >= 4 is 22.2 Å². The number of aromatic nitrogens is 4. The maximum absolute atomic E-state index is 4.53. The van der Waals surface area contributed by atoms with Crippen molar-refractivity contribution in [1.82, 2.24) is 19.4 Å². The Balaban J connectivity index is 2.04. The molecule has 0 amide bonds. The summed E-state index contributed by atoms with van der Waals surface area (Å²) < 4.78 is 2.06. The van der Waals surface area contributed by atoms with Crippen molar-refractivity contribution in [3.05, 3.63) is 49.1 Å². The first-order valence-electron chi connectivity index (χ1n) is 6.44. The van der Waals surface area contributed by atoms with Gasteiger partial charge in [0.2, 0.25) is 0 Å². The number of anilines is 1. The predicted octanol–water partition coefficient (Wildman–Crippen LogP) is 2.92. The Morgan fingerprint density at radius 3 is 3.00 bits per heavy atom. The lowest BCUT2D eigenvalue weighted by Gasteiger charge is -2.05. The number of H-pyrrole nitrogens is 1. The van der Waals surface area contributed by atoms with E-state index in [2.05, 4.69) is 24.7 Å². The van der Waals surface area contributed by atoms with Gasteiger partial charge in [-0.15, -0.1) is 0 Å². The molecular formula is C15H13N5. The second kappa shape index (κ2) is 4.09. The minimum atomic E-state index is 0.910.